The van der Waals surface area contributed by atoms with Crippen LogP contribution in [-0.4, -0.2) is 0 Å². The Morgan fingerprint density at radius 2 is 1.44 bits per heavy atom. The number of benzene rings is 1. The Morgan fingerprint density at radius 3 is 2.00 bits per heavy atom. The van der Waals surface area contributed by atoms with E-state index in [0.717, 1.165) is 6.54 Å². The molecule has 0 atom stereocenters. The third kappa shape index (κ3) is 4.61. The standard InChI is InChI=1S/C16H18N.HI/c1-2-12-17-13-10-16(11-14-17)9-8-15-6-4-3-5-7-15;/h3-11,13-14H,2,12H2,1H3;1H/q+1;/p-1. The Kier molecular flexibility index (Phi) is 6.65. The van der Waals surface area contributed by atoms with E-state index in [9.17, 15) is 0 Å². The van der Waals surface area contributed by atoms with Crippen LogP contribution in [0.2, 0.25) is 0 Å². The summed E-state index contributed by atoms with van der Waals surface area (Å²) in [6.45, 7) is 3.28. The van der Waals surface area contributed by atoms with Crippen molar-refractivity contribution in [1.29, 1.82) is 0 Å². The number of aryl methyl sites for hydroxylation is 1. The molecular weight excluding hydrogens is 333 g/mol. The maximum absolute atomic E-state index is 2.21. The number of hydrogen-bond acceptors (Lipinski definition) is 0. The topological polar surface area (TPSA) is 3.88 Å². The molecule has 0 aliphatic rings. The van der Waals surface area contributed by atoms with Crippen molar-refractivity contribution < 1.29 is 28.5 Å². The Bertz CT molecular complexity index is 474. The van der Waals surface area contributed by atoms with Crippen molar-refractivity contribution in [2.24, 2.45) is 0 Å². The zero-order chi connectivity index (χ0) is 11.9. The molecule has 0 spiro atoms. The quantitative estimate of drug-likeness (QED) is 0.560. The van der Waals surface area contributed by atoms with Gasteiger partial charge in [0, 0.05) is 18.6 Å². The van der Waals surface area contributed by atoms with Crippen LogP contribution in [0.4, 0.5) is 0 Å². The van der Waals surface area contributed by atoms with Crippen LogP contribution in [0.15, 0.2) is 54.9 Å². The molecular formula is C16H18IN. The van der Waals surface area contributed by atoms with Crippen LogP contribution in [-0.2, 0) is 6.54 Å². The van der Waals surface area contributed by atoms with Gasteiger partial charge in [-0.05, 0) is 11.1 Å². The number of rotatable bonds is 4. The molecule has 1 heterocycles. The van der Waals surface area contributed by atoms with Crippen LogP contribution in [0, 0.1) is 0 Å². The van der Waals surface area contributed by atoms with Gasteiger partial charge in [-0.3, -0.25) is 0 Å². The molecule has 2 aromatic rings. The molecule has 2 heteroatoms. The molecule has 2 rings (SSSR count). The van der Waals surface area contributed by atoms with Gasteiger partial charge in [-0.25, -0.2) is 4.57 Å². The van der Waals surface area contributed by atoms with Gasteiger partial charge in [0.2, 0.25) is 0 Å². The minimum atomic E-state index is 0. The van der Waals surface area contributed by atoms with Gasteiger partial charge in [0.25, 0.3) is 0 Å². The average Bonchev–Trinajstić information content (AvgIpc) is 2.40. The van der Waals surface area contributed by atoms with E-state index >= 15 is 0 Å². The first-order valence-electron chi connectivity index (χ1n) is 6.11. The minimum Gasteiger partial charge on any atom is -1.00 e. The molecule has 0 amide bonds. The van der Waals surface area contributed by atoms with Crippen molar-refractivity contribution in [2.75, 3.05) is 0 Å². The maximum Gasteiger partial charge on any atom is 0.169 e. The van der Waals surface area contributed by atoms with Gasteiger partial charge in [-0.1, -0.05) is 49.4 Å². The van der Waals surface area contributed by atoms with Crippen LogP contribution >= 0.6 is 0 Å². The van der Waals surface area contributed by atoms with Crippen LogP contribution in [0.25, 0.3) is 12.2 Å². The number of halogens is 1. The molecule has 0 fully saturated rings. The average molecular weight is 351 g/mol. The number of hydrogen-bond donors (Lipinski definition) is 0. The van der Waals surface area contributed by atoms with Gasteiger partial charge in [0.1, 0.15) is 6.54 Å². The highest BCUT2D eigenvalue weighted by Gasteiger charge is 1.96. The molecule has 0 saturated heterocycles. The van der Waals surface area contributed by atoms with E-state index in [1.54, 1.807) is 0 Å². The predicted molar refractivity (Wildman–Crippen MR) is 72.3 cm³/mol. The number of nitrogens with zero attached hydrogens (tertiary/aromatic N) is 1. The van der Waals surface area contributed by atoms with Crippen LogP contribution in [0.3, 0.4) is 0 Å². The molecule has 0 aliphatic heterocycles. The van der Waals surface area contributed by atoms with Gasteiger partial charge < -0.3 is 24.0 Å². The van der Waals surface area contributed by atoms with Gasteiger partial charge in [-0.2, -0.15) is 0 Å². The Hall–Kier alpha value is -1.16. The van der Waals surface area contributed by atoms with E-state index in [1.165, 1.54) is 17.5 Å². The molecule has 1 aromatic heterocycles. The molecule has 94 valence electrons. The molecule has 1 nitrogen and oxygen atoms in total. The van der Waals surface area contributed by atoms with E-state index in [2.05, 4.69) is 72.4 Å². The first-order chi connectivity index (χ1) is 8.38. The SMILES string of the molecule is CCC[n+]1ccc(C=Cc2ccccc2)cc1.[I-]. The second-order valence-corrected chi connectivity index (χ2v) is 4.11. The maximum atomic E-state index is 2.21. The van der Waals surface area contributed by atoms with E-state index in [4.69, 9.17) is 0 Å². The highest BCUT2D eigenvalue weighted by molar-refractivity contribution is 5.68. The largest absolute Gasteiger partial charge is 1.00 e. The smallest absolute Gasteiger partial charge is 0.169 e. The molecule has 0 radical (unpaired) electrons. The van der Waals surface area contributed by atoms with Crippen molar-refractivity contribution in [1.82, 2.24) is 0 Å². The predicted octanol–water partition coefficient (Wildman–Crippen LogP) is 0.558. The summed E-state index contributed by atoms with van der Waals surface area (Å²) in [5.41, 5.74) is 2.47. The zero-order valence-corrected chi connectivity index (χ0v) is 12.7. The van der Waals surface area contributed by atoms with Crippen molar-refractivity contribution >= 4 is 12.2 Å². The van der Waals surface area contributed by atoms with Crippen molar-refractivity contribution in [2.45, 2.75) is 19.9 Å². The highest BCUT2D eigenvalue weighted by Crippen LogP contribution is 2.06. The second-order valence-electron chi connectivity index (χ2n) is 4.11. The van der Waals surface area contributed by atoms with Crippen LogP contribution in [0.1, 0.15) is 24.5 Å². The molecule has 0 bridgehead atoms. The lowest BCUT2D eigenvalue weighted by atomic mass is 10.1. The Balaban J connectivity index is 0.00000162. The van der Waals surface area contributed by atoms with Crippen molar-refractivity contribution in [3.05, 3.63) is 66.0 Å². The second kappa shape index (κ2) is 8.03. The molecule has 1 aromatic carbocycles. The summed E-state index contributed by atoms with van der Waals surface area (Å²) < 4.78 is 2.21. The zero-order valence-electron chi connectivity index (χ0n) is 10.6. The van der Waals surface area contributed by atoms with E-state index in [-0.39, 0.29) is 24.0 Å². The summed E-state index contributed by atoms with van der Waals surface area (Å²) in [6, 6.07) is 14.7. The molecule has 0 aliphatic carbocycles. The Labute approximate surface area is 126 Å². The van der Waals surface area contributed by atoms with E-state index < -0.39 is 0 Å². The fourth-order valence-corrected chi connectivity index (χ4v) is 1.74. The summed E-state index contributed by atoms with van der Waals surface area (Å²) in [5.74, 6) is 0. The summed E-state index contributed by atoms with van der Waals surface area (Å²) in [7, 11) is 0. The van der Waals surface area contributed by atoms with Crippen molar-refractivity contribution in [3.8, 4) is 0 Å². The monoisotopic (exact) mass is 351 g/mol. The van der Waals surface area contributed by atoms with Gasteiger partial charge in [0.15, 0.2) is 12.4 Å². The summed E-state index contributed by atoms with van der Waals surface area (Å²) in [6.07, 6.45) is 9.72. The van der Waals surface area contributed by atoms with E-state index in [0.29, 0.717) is 0 Å². The normalized spacial score (nSPS) is 10.3. The highest BCUT2D eigenvalue weighted by atomic mass is 127. The first-order valence-corrected chi connectivity index (χ1v) is 6.11. The van der Waals surface area contributed by atoms with Crippen LogP contribution < -0.4 is 28.5 Å². The first kappa shape index (κ1) is 14.9. The molecule has 0 unspecified atom stereocenters. The molecule has 0 N–H and O–H groups in total. The summed E-state index contributed by atoms with van der Waals surface area (Å²) >= 11 is 0. The number of pyridine rings is 1. The molecule has 0 saturated carbocycles. The fraction of sp³-hybridized carbons (Fsp3) is 0.188. The van der Waals surface area contributed by atoms with Crippen LogP contribution in [0.5, 0.6) is 0 Å². The molecule has 18 heavy (non-hydrogen) atoms. The minimum absolute atomic E-state index is 0. The van der Waals surface area contributed by atoms with E-state index in [1.807, 2.05) is 6.07 Å². The lowest BCUT2D eigenvalue weighted by molar-refractivity contribution is -0.697. The number of aromatic nitrogens is 1. The summed E-state index contributed by atoms with van der Waals surface area (Å²) in [5, 5.41) is 0. The summed E-state index contributed by atoms with van der Waals surface area (Å²) in [4.78, 5) is 0. The van der Waals surface area contributed by atoms with Crippen molar-refractivity contribution in [3.63, 3.8) is 0 Å². The van der Waals surface area contributed by atoms with Gasteiger partial charge >= 0.3 is 0 Å². The lowest BCUT2D eigenvalue weighted by Gasteiger charge is -1.95. The Morgan fingerprint density at radius 1 is 0.889 bits per heavy atom. The lowest BCUT2D eigenvalue weighted by Crippen LogP contribution is -3.00. The van der Waals surface area contributed by atoms with Gasteiger partial charge in [0.05, 0.1) is 0 Å². The van der Waals surface area contributed by atoms with Gasteiger partial charge in [-0.15, -0.1) is 0 Å². The third-order valence-corrected chi connectivity index (χ3v) is 2.67. The fourth-order valence-electron chi connectivity index (χ4n) is 1.74. The third-order valence-electron chi connectivity index (χ3n) is 2.67.